The first-order valence-electron chi connectivity index (χ1n) is 11.9. The lowest BCUT2D eigenvalue weighted by Crippen LogP contribution is -2.19. The molecule has 0 bridgehead atoms. The number of hydrogen-bond acceptors (Lipinski definition) is 5. The predicted molar refractivity (Wildman–Crippen MR) is 138 cm³/mol. The van der Waals surface area contributed by atoms with Crippen LogP contribution in [0.15, 0.2) is 53.9 Å². The largest absolute Gasteiger partial charge is 0.357 e. The normalized spacial score (nSPS) is 18.4. The minimum atomic E-state index is 0.238. The molecule has 1 aliphatic heterocycles. The molecular weight excluding hydrogens is 446 g/mol. The van der Waals surface area contributed by atoms with E-state index in [-0.39, 0.29) is 6.04 Å². The molecule has 1 N–H and O–H groups in total. The average Bonchev–Trinajstić information content (AvgIpc) is 3.61. The fourth-order valence-electron chi connectivity index (χ4n) is 5.33. The van der Waals surface area contributed by atoms with E-state index in [1.54, 1.807) is 0 Å². The van der Waals surface area contributed by atoms with Gasteiger partial charge >= 0.3 is 0 Å². The van der Waals surface area contributed by atoms with E-state index in [1.807, 2.05) is 49.6 Å². The van der Waals surface area contributed by atoms with Gasteiger partial charge in [0.1, 0.15) is 5.82 Å². The Balaban J connectivity index is 1.35. The minimum absolute atomic E-state index is 0.238. The average molecular weight is 474 g/mol. The van der Waals surface area contributed by atoms with Crippen LogP contribution in [0.1, 0.15) is 43.3 Å². The van der Waals surface area contributed by atoms with E-state index in [0.717, 1.165) is 34.6 Å². The molecule has 1 atom stereocenters. The van der Waals surface area contributed by atoms with Crippen LogP contribution in [-0.4, -0.2) is 44.2 Å². The molecule has 174 valence electrons. The van der Waals surface area contributed by atoms with Crippen LogP contribution in [0.3, 0.4) is 0 Å². The van der Waals surface area contributed by atoms with Crippen LogP contribution in [0, 0.1) is 0 Å². The molecule has 7 nitrogen and oxygen atoms in total. The molecule has 1 unspecified atom stereocenters. The Morgan fingerprint density at radius 2 is 1.91 bits per heavy atom. The van der Waals surface area contributed by atoms with Crippen LogP contribution in [0.4, 0.5) is 11.5 Å². The molecule has 0 amide bonds. The number of hydrogen-bond donors (Lipinski definition) is 1. The fraction of sp³-hybridized carbons (Fsp3) is 0.346. The zero-order valence-electron chi connectivity index (χ0n) is 19.4. The molecule has 0 saturated heterocycles. The molecule has 1 saturated carbocycles. The van der Waals surface area contributed by atoms with Crippen LogP contribution in [0.25, 0.3) is 22.2 Å². The maximum Gasteiger partial charge on any atom is 0.132 e. The van der Waals surface area contributed by atoms with Crippen molar-refractivity contribution in [3.05, 3.63) is 59.5 Å². The molecule has 34 heavy (non-hydrogen) atoms. The highest BCUT2D eigenvalue weighted by atomic mass is 35.5. The topological polar surface area (TPSA) is 63.3 Å². The predicted octanol–water partition coefficient (Wildman–Crippen LogP) is 5.96. The second-order valence-corrected chi connectivity index (χ2v) is 9.80. The van der Waals surface area contributed by atoms with Crippen molar-refractivity contribution < 1.29 is 0 Å². The maximum atomic E-state index is 6.68. The third kappa shape index (κ3) is 3.74. The number of pyridine rings is 1. The molecule has 0 spiro atoms. The smallest absolute Gasteiger partial charge is 0.132 e. The van der Waals surface area contributed by atoms with Crippen LogP contribution in [-0.2, 0) is 7.05 Å². The highest BCUT2D eigenvalue weighted by molar-refractivity contribution is 6.33. The number of halogens is 1. The van der Waals surface area contributed by atoms with Gasteiger partial charge in [-0.25, -0.2) is 4.98 Å². The van der Waals surface area contributed by atoms with E-state index in [1.165, 1.54) is 36.9 Å². The van der Waals surface area contributed by atoms with Gasteiger partial charge in [-0.2, -0.15) is 5.10 Å². The molecule has 4 heterocycles. The lowest BCUT2D eigenvalue weighted by Gasteiger charge is -2.20. The summed E-state index contributed by atoms with van der Waals surface area (Å²) in [7, 11) is 4.00. The Kier molecular flexibility index (Phi) is 5.29. The van der Waals surface area contributed by atoms with Gasteiger partial charge in [-0.15, -0.1) is 0 Å². The van der Waals surface area contributed by atoms with Gasteiger partial charge in [0, 0.05) is 49.5 Å². The molecular formula is C26H28ClN7. The minimum Gasteiger partial charge on any atom is -0.357 e. The Bertz CT molecular complexity index is 1380. The molecule has 2 aliphatic rings. The molecule has 0 radical (unpaired) electrons. The number of aromatic nitrogens is 4. The monoisotopic (exact) mass is 473 g/mol. The van der Waals surface area contributed by atoms with Gasteiger partial charge in [0.2, 0.25) is 0 Å². The van der Waals surface area contributed by atoms with Gasteiger partial charge in [-0.05, 0) is 36.6 Å². The van der Waals surface area contributed by atoms with E-state index >= 15 is 0 Å². The van der Waals surface area contributed by atoms with Crippen LogP contribution in [0.2, 0.25) is 5.02 Å². The van der Waals surface area contributed by atoms with Crippen molar-refractivity contribution in [1.29, 1.82) is 0 Å². The number of benzene rings is 1. The van der Waals surface area contributed by atoms with E-state index in [0.29, 0.717) is 11.1 Å². The van der Waals surface area contributed by atoms with Gasteiger partial charge < -0.3 is 14.8 Å². The van der Waals surface area contributed by atoms with E-state index in [2.05, 4.69) is 49.3 Å². The number of likely N-dealkylation sites (N-methyl/N-ethyl adjacent to an activating group) is 1. The number of fused-ring (bicyclic) bond motifs is 1. The SMILES string of the molecule is CN1C=NCC1c1ccc(Nc2cc3c(cn2)cc(-c2cnn(C)c2)n3C2CCCC2)c(Cl)c1. The summed E-state index contributed by atoms with van der Waals surface area (Å²) >= 11 is 6.68. The molecule has 1 aliphatic carbocycles. The van der Waals surface area contributed by atoms with E-state index in [9.17, 15) is 0 Å². The third-order valence-electron chi connectivity index (χ3n) is 7.09. The van der Waals surface area contributed by atoms with Crippen molar-refractivity contribution >= 4 is 40.3 Å². The van der Waals surface area contributed by atoms with E-state index < -0.39 is 0 Å². The number of aryl methyl sites for hydroxylation is 1. The molecule has 1 fully saturated rings. The molecule has 4 aromatic rings. The van der Waals surface area contributed by atoms with Crippen molar-refractivity contribution in [1.82, 2.24) is 24.2 Å². The zero-order valence-corrected chi connectivity index (χ0v) is 20.2. The molecule has 6 rings (SSSR count). The highest BCUT2D eigenvalue weighted by Gasteiger charge is 2.24. The quantitative estimate of drug-likeness (QED) is 0.388. The third-order valence-corrected chi connectivity index (χ3v) is 7.40. The Labute approximate surface area is 204 Å². The summed E-state index contributed by atoms with van der Waals surface area (Å²) in [6, 6.07) is 11.3. The zero-order chi connectivity index (χ0) is 23.2. The molecule has 3 aromatic heterocycles. The lowest BCUT2D eigenvalue weighted by molar-refractivity contribution is 0.426. The Morgan fingerprint density at radius 3 is 2.62 bits per heavy atom. The van der Waals surface area contributed by atoms with Crippen molar-refractivity contribution in [2.24, 2.45) is 12.0 Å². The summed E-state index contributed by atoms with van der Waals surface area (Å²) in [5, 5.41) is 9.67. The number of nitrogens with one attached hydrogen (secondary N) is 1. The fourth-order valence-corrected chi connectivity index (χ4v) is 5.56. The van der Waals surface area contributed by atoms with Crippen molar-refractivity contribution in [2.75, 3.05) is 18.9 Å². The number of rotatable bonds is 5. The van der Waals surface area contributed by atoms with Crippen LogP contribution in [0.5, 0.6) is 0 Å². The van der Waals surface area contributed by atoms with Gasteiger partial charge in [0.25, 0.3) is 0 Å². The van der Waals surface area contributed by atoms with Crippen LogP contribution >= 0.6 is 11.6 Å². The molecule has 1 aromatic carbocycles. The first-order chi connectivity index (χ1) is 16.6. The van der Waals surface area contributed by atoms with E-state index in [4.69, 9.17) is 16.6 Å². The Morgan fingerprint density at radius 1 is 1.06 bits per heavy atom. The van der Waals surface area contributed by atoms with Crippen molar-refractivity contribution in [3.8, 4) is 11.3 Å². The first kappa shape index (κ1) is 21.2. The molecule has 8 heteroatoms. The van der Waals surface area contributed by atoms with Crippen molar-refractivity contribution in [3.63, 3.8) is 0 Å². The van der Waals surface area contributed by atoms with Crippen LogP contribution < -0.4 is 5.32 Å². The standard InChI is InChI=1S/C26H28ClN7/c1-32-16-28-14-25(32)17-7-8-22(21(27)9-17)31-26-11-24-18(12-29-26)10-23(19-13-30-33(2)15-19)34(24)20-5-3-4-6-20/h7-13,15-16,20,25H,3-6,14H2,1-2H3,(H,29,31). The van der Waals surface area contributed by atoms with Crippen molar-refractivity contribution in [2.45, 2.75) is 37.8 Å². The second kappa shape index (κ2) is 8.47. The number of anilines is 2. The lowest BCUT2D eigenvalue weighted by atomic mass is 10.1. The number of aliphatic imine (C=N–C) groups is 1. The summed E-state index contributed by atoms with van der Waals surface area (Å²) in [5.41, 5.74) is 5.56. The van der Waals surface area contributed by atoms with Gasteiger partial charge in [0.15, 0.2) is 0 Å². The summed E-state index contributed by atoms with van der Waals surface area (Å²) in [4.78, 5) is 11.2. The van der Waals surface area contributed by atoms with Gasteiger partial charge in [-0.3, -0.25) is 9.67 Å². The highest BCUT2D eigenvalue weighted by Crippen LogP contribution is 2.39. The van der Waals surface area contributed by atoms with Gasteiger partial charge in [-0.1, -0.05) is 30.5 Å². The first-order valence-corrected chi connectivity index (χ1v) is 12.2. The van der Waals surface area contributed by atoms with Gasteiger partial charge in [0.05, 0.1) is 47.0 Å². The summed E-state index contributed by atoms with van der Waals surface area (Å²) in [6.07, 6.45) is 12.8. The summed E-state index contributed by atoms with van der Waals surface area (Å²) < 4.78 is 4.35. The Hall–Kier alpha value is -3.32. The number of nitrogens with zero attached hydrogens (tertiary/aromatic N) is 6. The summed E-state index contributed by atoms with van der Waals surface area (Å²) in [6.45, 7) is 0.759. The summed E-state index contributed by atoms with van der Waals surface area (Å²) in [5.74, 6) is 0.790. The second-order valence-electron chi connectivity index (χ2n) is 9.40. The maximum absolute atomic E-state index is 6.68.